The smallest absolute Gasteiger partial charge is 0.224 e. The SMILES string of the molecule is COc1ccccc1CCC(=O)Nc1cccc(N2CCOCC2)c1. The normalized spacial score (nSPS) is 14.2. The number of carbonyl (C=O) groups excluding carboxylic acids is 1. The number of nitrogens with one attached hydrogen (secondary N) is 1. The third kappa shape index (κ3) is 4.73. The van der Waals surface area contributed by atoms with Crippen LogP contribution >= 0.6 is 0 Å². The van der Waals surface area contributed by atoms with Crippen LogP contribution in [0.5, 0.6) is 5.75 Å². The maximum Gasteiger partial charge on any atom is 0.224 e. The van der Waals surface area contributed by atoms with Crippen molar-refractivity contribution in [3.05, 3.63) is 54.1 Å². The van der Waals surface area contributed by atoms with Crippen LogP contribution in [0.3, 0.4) is 0 Å². The highest BCUT2D eigenvalue weighted by atomic mass is 16.5. The lowest BCUT2D eigenvalue weighted by Crippen LogP contribution is -2.36. The Kier molecular flexibility index (Phi) is 5.90. The first-order valence-electron chi connectivity index (χ1n) is 8.61. The molecule has 0 unspecified atom stereocenters. The van der Waals surface area contributed by atoms with Crippen LogP contribution in [-0.2, 0) is 16.0 Å². The van der Waals surface area contributed by atoms with Gasteiger partial charge in [-0.3, -0.25) is 4.79 Å². The Balaban J connectivity index is 1.57. The predicted octanol–water partition coefficient (Wildman–Crippen LogP) is 3.10. The van der Waals surface area contributed by atoms with Gasteiger partial charge in [0, 0.05) is 30.9 Å². The minimum absolute atomic E-state index is 0.00466. The van der Waals surface area contributed by atoms with Gasteiger partial charge in [-0.05, 0) is 36.2 Å². The zero-order chi connectivity index (χ0) is 17.5. The molecule has 1 heterocycles. The Morgan fingerprint density at radius 1 is 1.16 bits per heavy atom. The second kappa shape index (κ2) is 8.53. The van der Waals surface area contributed by atoms with E-state index in [1.54, 1.807) is 7.11 Å². The van der Waals surface area contributed by atoms with E-state index in [9.17, 15) is 4.79 Å². The number of carbonyl (C=O) groups is 1. The van der Waals surface area contributed by atoms with Crippen molar-refractivity contribution >= 4 is 17.3 Å². The van der Waals surface area contributed by atoms with Gasteiger partial charge in [0.2, 0.25) is 5.91 Å². The molecule has 1 aliphatic heterocycles. The Morgan fingerprint density at radius 3 is 2.76 bits per heavy atom. The van der Waals surface area contributed by atoms with E-state index >= 15 is 0 Å². The second-order valence-corrected chi connectivity index (χ2v) is 6.01. The lowest BCUT2D eigenvalue weighted by molar-refractivity contribution is -0.116. The van der Waals surface area contributed by atoms with Gasteiger partial charge in [0.05, 0.1) is 20.3 Å². The molecular formula is C20H24N2O3. The number of benzene rings is 2. The number of aryl methyl sites for hydroxylation is 1. The summed E-state index contributed by atoms with van der Waals surface area (Å²) in [7, 11) is 1.65. The molecule has 0 spiro atoms. The van der Waals surface area contributed by atoms with Crippen LogP contribution in [0.4, 0.5) is 11.4 Å². The average molecular weight is 340 g/mol. The molecule has 5 heteroatoms. The number of ether oxygens (including phenoxy) is 2. The van der Waals surface area contributed by atoms with Crippen molar-refractivity contribution in [2.45, 2.75) is 12.8 Å². The summed E-state index contributed by atoms with van der Waals surface area (Å²) >= 11 is 0. The summed E-state index contributed by atoms with van der Waals surface area (Å²) < 4.78 is 10.7. The first-order chi connectivity index (χ1) is 12.3. The maximum absolute atomic E-state index is 12.3. The molecule has 0 radical (unpaired) electrons. The van der Waals surface area contributed by atoms with E-state index in [2.05, 4.69) is 16.3 Å². The van der Waals surface area contributed by atoms with Gasteiger partial charge in [-0.15, -0.1) is 0 Å². The van der Waals surface area contributed by atoms with Gasteiger partial charge in [0.25, 0.3) is 0 Å². The third-order valence-corrected chi connectivity index (χ3v) is 4.32. The van der Waals surface area contributed by atoms with Crippen LogP contribution in [0.15, 0.2) is 48.5 Å². The van der Waals surface area contributed by atoms with Crippen molar-refractivity contribution in [2.75, 3.05) is 43.6 Å². The first-order valence-corrected chi connectivity index (χ1v) is 8.61. The Bertz CT molecular complexity index is 712. The molecule has 0 aromatic heterocycles. The molecule has 1 N–H and O–H groups in total. The van der Waals surface area contributed by atoms with Crippen molar-refractivity contribution in [3.63, 3.8) is 0 Å². The minimum Gasteiger partial charge on any atom is -0.496 e. The minimum atomic E-state index is 0.00466. The van der Waals surface area contributed by atoms with Crippen molar-refractivity contribution in [3.8, 4) is 5.75 Å². The number of anilines is 2. The molecule has 2 aromatic rings. The van der Waals surface area contributed by atoms with Gasteiger partial charge in [-0.1, -0.05) is 24.3 Å². The molecule has 2 aromatic carbocycles. The average Bonchev–Trinajstić information content (AvgIpc) is 2.67. The molecule has 1 aliphatic rings. The fourth-order valence-corrected chi connectivity index (χ4v) is 2.98. The molecule has 25 heavy (non-hydrogen) atoms. The molecule has 0 aliphatic carbocycles. The van der Waals surface area contributed by atoms with Crippen LogP contribution in [0.1, 0.15) is 12.0 Å². The molecule has 0 atom stereocenters. The molecule has 1 saturated heterocycles. The predicted molar refractivity (Wildman–Crippen MR) is 99.4 cm³/mol. The number of hydrogen-bond donors (Lipinski definition) is 1. The van der Waals surface area contributed by atoms with Gasteiger partial charge in [-0.2, -0.15) is 0 Å². The van der Waals surface area contributed by atoms with Gasteiger partial charge in [-0.25, -0.2) is 0 Å². The van der Waals surface area contributed by atoms with E-state index in [4.69, 9.17) is 9.47 Å². The zero-order valence-electron chi connectivity index (χ0n) is 14.5. The summed E-state index contributed by atoms with van der Waals surface area (Å²) in [5.74, 6) is 0.828. The highest BCUT2D eigenvalue weighted by Gasteiger charge is 2.12. The largest absolute Gasteiger partial charge is 0.496 e. The molecule has 5 nitrogen and oxygen atoms in total. The van der Waals surface area contributed by atoms with Crippen molar-refractivity contribution in [2.24, 2.45) is 0 Å². The molecule has 3 rings (SSSR count). The number of nitrogens with zero attached hydrogens (tertiary/aromatic N) is 1. The summed E-state index contributed by atoms with van der Waals surface area (Å²) in [6.07, 6.45) is 1.07. The molecule has 1 amide bonds. The van der Waals surface area contributed by atoms with E-state index in [-0.39, 0.29) is 5.91 Å². The van der Waals surface area contributed by atoms with Gasteiger partial charge < -0.3 is 19.7 Å². The quantitative estimate of drug-likeness (QED) is 0.878. The van der Waals surface area contributed by atoms with E-state index in [0.717, 1.165) is 49.0 Å². The van der Waals surface area contributed by atoms with E-state index in [1.165, 1.54) is 0 Å². The number of hydrogen-bond acceptors (Lipinski definition) is 4. The topological polar surface area (TPSA) is 50.8 Å². The van der Waals surface area contributed by atoms with Crippen LogP contribution < -0.4 is 15.0 Å². The zero-order valence-corrected chi connectivity index (χ0v) is 14.5. The fraction of sp³-hybridized carbons (Fsp3) is 0.350. The van der Waals surface area contributed by atoms with E-state index in [1.807, 2.05) is 42.5 Å². The Hall–Kier alpha value is -2.53. The van der Waals surface area contributed by atoms with Crippen molar-refractivity contribution in [1.82, 2.24) is 0 Å². The van der Waals surface area contributed by atoms with Crippen LogP contribution in [0, 0.1) is 0 Å². The molecule has 0 bridgehead atoms. The molecule has 0 saturated carbocycles. The van der Waals surface area contributed by atoms with Gasteiger partial charge >= 0.3 is 0 Å². The van der Waals surface area contributed by atoms with Gasteiger partial charge in [0.1, 0.15) is 5.75 Å². The van der Waals surface area contributed by atoms with Crippen LogP contribution in [-0.4, -0.2) is 39.3 Å². The summed E-state index contributed by atoms with van der Waals surface area (Å²) in [5, 5.41) is 2.99. The first kappa shape index (κ1) is 17.3. The van der Waals surface area contributed by atoms with Crippen LogP contribution in [0.25, 0.3) is 0 Å². The highest BCUT2D eigenvalue weighted by molar-refractivity contribution is 5.91. The summed E-state index contributed by atoms with van der Waals surface area (Å²) in [6.45, 7) is 3.25. The Labute approximate surface area is 148 Å². The number of methoxy groups -OCH3 is 1. The summed E-state index contributed by atoms with van der Waals surface area (Å²) in [6, 6.07) is 15.8. The number of rotatable bonds is 6. The standard InChI is InChI=1S/C20H24N2O3/c1-24-19-8-3-2-5-16(19)9-10-20(23)21-17-6-4-7-18(15-17)22-11-13-25-14-12-22/h2-8,15H,9-14H2,1H3,(H,21,23). The lowest BCUT2D eigenvalue weighted by Gasteiger charge is -2.29. The van der Waals surface area contributed by atoms with Crippen molar-refractivity contribution < 1.29 is 14.3 Å². The molecular weight excluding hydrogens is 316 g/mol. The fourth-order valence-electron chi connectivity index (χ4n) is 2.98. The van der Waals surface area contributed by atoms with Gasteiger partial charge in [0.15, 0.2) is 0 Å². The third-order valence-electron chi connectivity index (χ3n) is 4.32. The summed E-state index contributed by atoms with van der Waals surface area (Å²) in [5.41, 5.74) is 2.99. The lowest BCUT2D eigenvalue weighted by atomic mass is 10.1. The van der Waals surface area contributed by atoms with Crippen molar-refractivity contribution in [1.29, 1.82) is 0 Å². The monoisotopic (exact) mass is 340 g/mol. The van der Waals surface area contributed by atoms with E-state index < -0.39 is 0 Å². The molecule has 1 fully saturated rings. The summed E-state index contributed by atoms with van der Waals surface area (Å²) in [4.78, 5) is 14.6. The molecule has 132 valence electrons. The Morgan fingerprint density at radius 2 is 1.96 bits per heavy atom. The number of morpholine rings is 1. The maximum atomic E-state index is 12.3. The number of amides is 1. The highest BCUT2D eigenvalue weighted by Crippen LogP contribution is 2.22. The van der Waals surface area contributed by atoms with Crippen LogP contribution in [0.2, 0.25) is 0 Å². The van der Waals surface area contributed by atoms with E-state index in [0.29, 0.717) is 12.8 Å². The number of para-hydroxylation sites is 1. The second-order valence-electron chi connectivity index (χ2n) is 6.01.